The van der Waals surface area contributed by atoms with Gasteiger partial charge in [-0.2, -0.15) is 5.10 Å². The number of hydrogen-bond donors (Lipinski definition) is 0. The van der Waals surface area contributed by atoms with Crippen LogP contribution in [0.25, 0.3) is 6.08 Å². The van der Waals surface area contributed by atoms with Gasteiger partial charge in [-0.3, -0.25) is 9.48 Å². The summed E-state index contributed by atoms with van der Waals surface area (Å²) in [5.74, 6) is 1.22. The molecule has 0 radical (unpaired) electrons. The van der Waals surface area contributed by atoms with Crippen molar-refractivity contribution in [2.24, 2.45) is 0 Å². The van der Waals surface area contributed by atoms with Crippen molar-refractivity contribution in [2.45, 2.75) is 20.4 Å². The topological polar surface area (TPSA) is 53.4 Å². The van der Waals surface area contributed by atoms with Gasteiger partial charge in [0.15, 0.2) is 17.3 Å². The van der Waals surface area contributed by atoms with E-state index in [0.717, 1.165) is 17.8 Å². The van der Waals surface area contributed by atoms with Crippen molar-refractivity contribution in [1.29, 1.82) is 0 Å². The van der Waals surface area contributed by atoms with Crippen LogP contribution in [0.2, 0.25) is 0 Å². The summed E-state index contributed by atoms with van der Waals surface area (Å²) in [6.45, 7) is 5.04. The third kappa shape index (κ3) is 2.54. The molecule has 2 aromatic rings. The van der Waals surface area contributed by atoms with E-state index >= 15 is 0 Å². The maximum Gasteiger partial charge on any atom is 0.231 e. The fourth-order valence-electron chi connectivity index (χ4n) is 2.25. The summed E-state index contributed by atoms with van der Waals surface area (Å²) in [6.07, 6.45) is 5.12. The predicted molar refractivity (Wildman–Crippen MR) is 78.6 cm³/mol. The first-order chi connectivity index (χ1) is 10.2. The van der Waals surface area contributed by atoms with Crippen molar-refractivity contribution < 1.29 is 14.3 Å². The van der Waals surface area contributed by atoms with Gasteiger partial charge in [0.1, 0.15) is 0 Å². The Morgan fingerprint density at radius 1 is 1.38 bits per heavy atom. The van der Waals surface area contributed by atoms with E-state index in [-0.39, 0.29) is 12.6 Å². The first kappa shape index (κ1) is 13.4. The fourth-order valence-corrected chi connectivity index (χ4v) is 2.25. The quantitative estimate of drug-likeness (QED) is 0.640. The van der Waals surface area contributed by atoms with Crippen LogP contribution in [0, 0.1) is 6.92 Å². The molecule has 0 N–H and O–H groups in total. The van der Waals surface area contributed by atoms with Gasteiger partial charge >= 0.3 is 0 Å². The smallest absolute Gasteiger partial charge is 0.231 e. The third-order valence-corrected chi connectivity index (χ3v) is 3.51. The Balaban J connectivity index is 1.79. The van der Waals surface area contributed by atoms with Crippen LogP contribution in [0.3, 0.4) is 0 Å². The van der Waals surface area contributed by atoms with E-state index in [1.807, 2.05) is 18.5 Å². The number of ether oxygens (including phenoxy) is 2. The summed E-state index contributed by atoms with van der Waals surface area (Å²) >= 11 is 0. The van der Waals surface area contributed by atoms with Gasteiger partial charge in [-0.1, -0.05) is 0 Å². The van der Waals surface area contributed by atoms with E-state index in [4.69, 9.17) is 9.47 Å². The summed E-state index contributed by atoms with van der Waals surface area (Å²) in [5.41, 5.74) is 2.58. The standard InChI is InChI=1S/C16H16N2O3/c1-3-18-11(2)13(9-17-18)4-6-14(19)12-5-7-15-16(8-12)21-10-20-15/h4-9H,3,10H2,1-2H3/b6-4-. The molecule has 21 heavy (non-hydrogen) atoms. The molecule has 1 aliphatic rings. The van der Waals surface area contributed by atoms with Crippen molar-refractivity contribution in [3.63, 3.8) is 0 Å². The lowest BCUT2D eigenvalue weighted by Gasteiger charge is -2.00. The fraction of sp³-hybridized carbons (Fsp3) is 0.250. The normalized spacial score (nSPS) is 13.0. The van der Waals surface area contributed by atoms with Gasteiger partial charge in [0.25, 0.3) is 0 Å². The Kier molecular flexibility index (Phi) is 3.48. The number of carbonyl (C=O) groups is 1. The molecule has 0 saturated heterocycles. The molecule has 5 heteroatoms. The molecular weight excluding hydrogens is 268 g/mol. The lowest BCUT2D eigenvalue weighted by Crippen LogP contribution is -1.98. The van der Waals surface area contributed by atoms with Crippen LogP contribution in [0.4, 0.5) is 0 Å². The first-order valence-corrected chi connectivity index (χ1v) is 6.83. The van der Waals surface area contributed by atoms with Gasteiger partial charge in [0.05, 0.1) is 6.20 Å². The van der Waals surface area contributed by atoms with Crippen molar-refractivity contribution in [1.82, 2.24) is 9.78 Å². The highest BCUT2D eigenvalue weighted by Gasteiger charge is 2.15. The van der Waals surface area contributed by atoms with Crippen LogP contribution >= 0.6 is 0 Å². The first-order valence-electron chi connectivity index (χ1n) is 6.83. The molecule has 1 aliphatic heterocycles. The van der Waals surface area contributed by atoms with Crippen LogP contribution in [0.15, 0.2) is 30.5 Å². The molecule has 0 fully saturated rings. The number of carbonyl (C=O) groups excluding carboxylic acids is 1. The zero-order valence-electron chi connectivity index (χ0n) is 12.0. The van der Waals surface area contributed by atoms with Crippen molar-refractivity contribution in [2.75, 3.05) is 6.79 Å². The van der Waals surface area contributed by atoms with Gasteiger partial charge in [0, 0.05) is 23.4 Å². The number of rotatable bonds is 4. The molecule has 0 unspecified atom stereocenters. The second-order valence-corrected chi connectivity index (χ2v) is 4.77. The van der Waals surface area contributed by atoms with Gasteiger partial charge in [-0.25, -0.2) is 0 Å². The number of ketones is 1. The van der Waals surface area contributed by atoms with Gasteiger partial charge < -0.3 is 9.47 Å². The maximum absolute atomic E-state index is 12.2. The van der Waals surface area contributed by atoms with E-state index in [1.165, 1.54) is 0 Å². The van der Waals surface area contributed by atoms with E-state index in [0.29, 0.717) is 17.1 Å². The molecule has 2 heterocycles. The highest BCUT2D eigenvalue weighted by atomic mass is 16.7. The summed E-state index contributed by atoms with van der Waals surface area (Å²) in [7, 11) is 0. The number of nitrogens with zero attached hydrogens (tertiary/aromatic N) is 2. The molecule has 108 valence electrons. The van der Waals surface area contributed by atoms with Crippen LogP contribution in [-0.2, 0) is 6.54 Å². The summed E-state index contributed by atoms with van der Waals surface area (Å²) in [5, 5.41) is 4.25. The zero-order chi connectivity index (χ0) is 14.8. The zero-order valence-corrected chi connectivity index (χ0v) is 12.0. The molecule has 0 atom stereocenters. The average Bonchev–Trinajstić information content (AvgIpc) is 3.10. The Morgan fingerprint density at radius 3 is 2.95 bits per heavy atom. The Morgan fingerprint density at radius 2 is 2.19 bits per heavy atom. The third-order valence-electron chi connectivity index (χ3n) is 3.51. The second-order valence-electron chi connectivity index (χ2n) is 4.77. The molecule has 0 aliphatic carbocycles. The number of hydrogen-bond acceptors (Lipinski definition) is 4. The molecule has 0 bridgehead atoms. The van der Waals surface area contributed by atoms with Gasteiger partial charge in [-0.15, -0.1) is 0 Å². The van der Waals surface area contributed by atoms with Crippen molar-refractivity contribution in [3.05, 3.63) is 47.3 Å². The molecule has 1 aromatic carbocycles. The lowest BCUT2D eigenvalue weighted by atomic mass is 10.1. The molecule has 0 amide bonds. The summed E-state index contributed by atoms with van der Waals surface area (Å²) in [4.78, 5) is 12.2. The maximum atomic E-state index is 12.2. The molecule has 3 rings (SSSR count). The van der Waals surface area contributed by atoms with Crippen LogP contribution < -0.4 is 9.47 Å². The lowest BCUT2D eigenvalue weighted by molar-refractivity contribution is 0.104. The van der Waals surface area contributed by atoms with Crippen LogP contribution in [0.1, 0.15) is 28.5 Å². The number of allylic oxidation sites excluding steroid dienone is 1. The SMILES string of the molecule is CCn1ncc(/C=C\C(=O)c2ccc3c(c2)OCO3)c1C. The predicted octanol–water partition coefficient (Wildman–Crippen LogP) is 2.84. The minimum absolute atomic E-state index is 0.0723. The summed E-state index contributed by atoms with van der Waals surface area (Å²) < 4.78 is 12.4. The average molecular weight is 284 g/mol. The van der Waals surface area contributed by atoms with E-state index < -0.39 is 0 Å². The van der Waals surface area contributed by atoms with Gasteiger partial charge in [-0.05, 0) is 44.2 Å². The van der Waals surface area contributed by atoms with Crippen molar-refractivity contribution >= 4 is 11.9 Å². The molecular formula is C16H16N2O3. The number of aromatic nitrogens is 2. The van der Waals surface area contributed by atoms with E-state index in [1.54, 1.807) is 36.5 Å². The van der Waals surface area contributed by atoms with Crippen molar-refractivity contribution in [3.8, 4) is 11.5 Å². The largest absolute Gasteiger partial charge is 0.454 e. The number of aryl methyl sites for hydroxylation is 1. The molecule has 5 nitrogen and oxygen atoms in total. The Bertz CT molecular complexity index is 716. The highest BCUT2D eigenvalue weighted by molar-refractivity contribution is 6.07. The monoisotopic (exact) mass is 284 g/mol. The minimum atomic E-state index is -0.0723. The van der Waals surface area contributed by atoms with Gasteiger partial charge in [0.2, 0.25) is 6.79 Å². The Hall–Kier alpha value is -2.56. The number of benzene rings is 1. The second kappa shape index (κ2) is 5.44. The molecule has 0 saturated carbocycles. The van der Waals surface area contributed by atoms with Crippen LogP contribution in [-0.4, -0.2) is 22.4 Å². The Labute approximate surface area is 122 Å². The van der Waals surface area contributed by atoms with Crippen LogP contribution in [0.5, 0.6) is 11.5 Å². The molecule has 0 spiro atoms. The number of fused-ring (bicyclic) bond motifs is 1. The summed E-state index contributed by atoms with van der Waals surface area (Å²) in [6, 6.07) is 5.20. The van der Waals surface area contributed by atoms with E-state index in [9.17, 15) is 4.79 Å². The minimum Gasteiger partial charge on any atom is -0.454 e. The van der Waals surface area contributed by atoms with E-state index in [2.05, 4.69) is 5.10 Å². The highest BCUT2D eigenvalue weighted by Crippen LogP contribution is 2.32. The molecule has 1 aromatic heterocycles.